The molecule has 1 heterocycles. The van der Waals surface area contributed by atoms with Crippen LogP contribution in [0.3, 0.4) is 0 Å². The quantitative estimate of drug-likeness (QED) is 0.475. The average molecular weight is 212 g/mol. The Hall–Kier alpha value is -0.530. The van der Waals surface area contributed by atoms with Gasteiger partial charge in [-0.05, 0) is 19.3 Å². The van der Waals surface area contributed by atoms with Crippen LogP contribution in [0.15, 0.2) is 0 Å². The third kappa shape index (κ3) is 4.23. The first-order valence-electron chi connectivity index (χ1n) is 6.48. The lowest BCUT2D eigenvalue weighted by Crippen LogP contribution is -2.07. The number of hydrogen-bond acceptors (Lipinski definition) is 2. The van der Waals surface area contributed by atoms with Gasteiger partial charge in [0.05, 0.1) is 5.92 Å². The molecule has 0 spiro atoms. The third-order valence-electron chi connectivity index (χ3n) is 3.28. The molecular formula is C13H24O2. The molecule has 0 bridgehead atoms. The summed E-state index contributed by atoms with van der Waals surface area (Å²) in [6.07, 6.45) is 9.56. The molecule has 15 heavy (non-hydrogen) atoms. The SMILES string of the molecule is CCCCCCCC1CC(CC)OC1=O. The van der Waals surface area contributed by atoms with E-state index in [2.05, 4.69) is 13.8 Å². The highest BCUT2D eigenvalue weighted by molar-refractivity contribution is 5.74. The second-order valence-corrected chi connectivity index (χ2v) is 4.60. The minimum atomic E-state index is 0.0531. The lowest BCUT2D eigenvalue weighted by molar-refractivity contribution is -0.144. The van der Waals surface area contributed by atoms with Crippen molar-refractivity contribution in [2.45, 2.75) is 71.3 Å². The summed E-state index contributed by atoms with van der Waals surface area (Å²) < 4.78 is 5.26. The van der Waals surface area contributed by atoms with Gasteiger partial charge in [-0.25, -0.2) is 0 Å². The first kappa shape index (κ1) is 12.5. The van der Waals surface area contributed by atoms with Crippen molar-refractivity contribution in [1.82, 2.24) is 0 Å². The topological polar surface area (TPSA) is 26.3 Å². The van der Waals surface area contributed by atoms with E-state index in [0.717, 1.165) is 19.3 Å². The van der Waals surface area contributed by atoms with Gasteiger partial charge in [-0.2, -0.15) is 0 Å². The zero-order valence-corrected chi connectivity index (χ0v) is 10.1. The Bertz CT molecular complexity index is 189. The van der Waals surface area contributed by atoms with Gasteiger partial charge >= 0.3 is 5.97 Å². The van der Waals surface area contributed by atoms with Gasteiger partial charge in [0.25, 0.3) is 0 Å². The van der Waals surface area contributed by atoms with Crippen LogP contribution < -0.4 is 0 Å². The van der Waals surface area contributed by atoms with Gasteiger partial charge in [-0.1, -0.05) is 46.0 Å². The van der Waals surface area contributed by atoms with E-state index < -0.39 is 0 Å². The molecule has 0 amide bonds. The fraction of sp³-hybridized carbons (Fsp3) is 0.923. The second-order valence-electron chi connectivity index (χ2n) is 4.60. The average Bonchev–Trinajstić information content (AvgIpc) is 2.59. The number of carbonyl (C=O) groups is 1. The lowest BCUT2D eigenvalue weighted by Gasteiger charge is -2.04. The Morgan fingerprint density at radius 1 is 1.20 bits per heavy atom. The van der Waals surface area contributed by atoms with Crippen molar-refractivity contribution in [3.63, 3.8) is 0 Å². The molecule has 0 N–H and O–H groups in total. The van der Waals surface area contributed by atoms with Crippen molar-refractivity contribution in [2.24, 2.45) is 5.92 Å². The van der Waals surface area contributed by atoms with Gasteiger partial charge in [-0.3, -0.25) is 4.79 Å². The molecule has 1 rings (SSSR count). The molecule has 0 aromatic heterocycles. The Labute approximate surface area is 93.4 Å². The molecule has 2 atom stereocenters. The van der Waals surface area contributed by atoms with Crippen molar-refractivity contribution in [3.8, 4) is 0 Å². The summed E-state index contributed by atoms with van der Waals surface area (Å²) in [5.41, 5.74) is 0. The molecule has 0 radical (unpaired) electrons. The van der Waals surface area contributed by atoms with Crippen LogP contribution in [0.4, 0.5) is 0 Å². The smallest absolute Gasteiger partial charge is 0.309 e. The third-order valence-corrected chi connectivity index (χ3v) is 3.28. The molecule has 1 aliphatic rings. The van der Waals surface area contributed by atoms with Gasteiger partial charge in [0.15, 0.2) is 0 Å². The first-order valence-corrected chi connectivity index (χ1v) is 6.48. The molecule has 0 saturated carbocycles. The Morgan fingerprint density at radius 3 is 2.53 bits per heavy atom. The van der Waals surface area contributed by atoms with Gasteiger partial charge < -0.3 is 4.74 Å². The van der Waals surface area contributed by atoms with Crippen LogP contribution in [0.25, 0.3) is 0 Å². The first-order chi connectivity index (χ1) is 7.27. The summed E-state index contributed by atoms with van der Waals surface area (Å²) in [6, 6.07) is 0. The van der Waals surface area contributed by atoms with E-state index in [9.17, 15) is 4.79 Å². The normalized spacial score (nSPS) is 25.6. The summed E-state index contributed by atoms with van der Waals surface area (Å²) in [5, 5.41) is 0. The highest BCUT2D eigenvalue weighted by Crippen LogP contribution is 2.27. The molecule has 2 nitrogen and oxygen atoms in total. The molecular weight excluding hydrogens is 188 g/mol. The van der Waals surface area contributed by atoms with Crippen molar-refractivity contribution in [2.75, 3.05) is 0 Å². The number of cyclic esters (lactones) is 1. The summed E-state index contributed by atoms with van der Waals surface area (Å²) in [7, 11) is 0. The van der Waals surface area contributed by atoms with Crippen LogP contribution in [0.5, 0.6) is 0 Å². The summed E-state index contributed by atoms with van der Waals surface area (Å²) >= 11 is 0. The van der Waals surface area contributed by atoms with Gasteiger partial charge in [0, 0.05) is 0 Å². The van der Waals surface area contributed by atoms with Gasteiger partial charge in [-0.15, -0.1) is 0 Å². The maximum Gasteiger partial charge on any atom is 0.309 e. The van der Waals surface area contributed by atoms with Gasteiger partial charge in [0.2, 0.25) is 0 Å². The largest absolute Gasteiger partial charge is 0.462 e. The summed E-state index contributed by atoms with van der Waals surface area (Å²) in [4.78, 5) is 11.4. The molecule has 1 aliphatic heterocycles. The van der Waals surface area contributed by atoms with Gasteiger partial charge in [0.1, 0.15) is 6.10 Å². The molecule has 2 heteroatoms. The van der Waals surface area contributed by atoms with Crippen LogP contribution in [-0.4, -0.2) is 12.1 Å². The van der Waals surface area contributed by atoms with Crippen LogP contribution in [-0.2, 0) is 9.53 Å². The molecule has 0 aromatic rings. The van der Waals surface area contributed by atoms with E-state index in [4.69, 9.17) is 4.74 Å². The second kappa shape index (κ2) is 6.86. The zero-order chi connectivity index (χ0) is 11.1. The van der Waals surface area contributed by atoms with Crippen LogP contribution in [0, 0.1) is 5.92 Å². The molecule has 88 valence electrons. The maximum atomic E-state index is 11.4. The minimum Gasteiger partial charge on any atom is -0.462 e. The van der Waals surface area contributed by atoms with E-state index in [0.29, 0.717) is 0 Å². The van der Waals surface area contributed by atoms with Crippen molar-refractivity contribution < 1.29 is 9.53 Å². The molecule has 1 saturated heterocycles. The number of rotatable bonds is 7. The summed E-state index contributed by atoms with van der Waals surface area (Å²) in [6.45, 7) is 4.31. The monoisotopic (exact) mass is 212 g/mol. The number of ether oxygens (including phenoxy) is 1. The Balaban J connectivity index is 2.08. The van der Waals surface area contributed by atoms with Crippen molar-refractivity contribution >= 4 is 5.97 Å². The summed E-state index contributed by atoms with van der Waals surface area (Å²) in [5.74, 6) is 0.258. The number of unbranched alkanes of at least 4 members (excludes halogenated alkanes) is 4. The fourth-order valence-corrected chi connectivity index (χ4v) is 2.20. The zero-order valence-electron chi connectivity index (χ0n) is 10.1. The number of carbonyl (C=O) groups excluding carboxylic acids is 1. The van der Waals surface area contributed by atoms with Crippen LogP contribution in [0.2, 0.25) is 0 Å². The van der Waals surface area contributed by atoms with E-state index in [1.165, 1.54) is 32.1 Å². The molecule has 1 fully saturated rings. The molecule has 0 aromatic carbocycles. The van der Waals surface area contributed by atoms with E-state index in [1.807, 2.05) is 0 Å². The van der Waals surface area contributed by atoms with E-state index in [1.54, 1.807) is 0 Å². The van der Waals surface area contributed by atoms with E-state index >= 15 is 0 Å². The highest BCUT2D eigenvalue weighted by atomic mass is 16.5. The number of hydrogen-bond donors (Lipinski definition) is 0. The van der Waals surface area contributed by atoms with Crippen LogP contribution >= 0.6 is 0 Å². The minimum absolute atomic E-state index is 0.0531. The molecule has 0 aliphatic carbocycles. The van der Waals surface area contributed by atoms with Crippen molar-refractivity contribution in [1.29, 1.82) is 0 Å². The standard InChI is InChI=1S/C13H24O2/c1-3-5-6-7-8-9-11-10-12(4-2)15-13(11)14/h11-12H,3-10H2,1-2H3. The van der Waals surface area contributed by atoms with Crippen molar-refractivity contribution in [3.05, 3.63) is 0 Å². The fourth-order valence-electron chi connectivity index (χ4n) is 2.20. The lowest BCUT2D eigenvalue weighted by atomic mass is 9.96. The number of esters is 1. The van der Waals surface area contributed by atoms with Crippen LogP contribution in [0.1, 0.15) is 65.2 Å². The Kier molecular flexibility index (Phi) is 5.74. The van der Waals surface area contributed by atoms with E-state index in [-0.39, 0.29) is 18.0 Å². The molecule has 2 unspecified atom stereocenters. The predicted molar refractivity (Wildman–Crippen MR) is 61.7 cm³/mol. The predicted octanol–water partition coefficient (Wildman–Crippen LogP) is 3.69. The maximum absolute atomic E-state index is 11.4. The highest BCUT2D eigenvalue weighted by Gasteiger charge is 2.32. The Morgan fingerprint density at radius 2 is 1.93 bits per heavy atom.